The fourth-order valence-electron chi connectivity index (χ4n) is 6.53. The number of rotatable bonds is 5. The van der Waals surface area contributed by atoms with Gasteiger partial charge in [0.15, 0.2) is 0 Å². The Hall–Kier alpha value is -1.70. The second kappa shape index (κ2) is 9.04. The van der Waals surface area contributed by atoms with E-state index in [-0.39, 0.29) is 48.0 Å². The molecule has 5 rings (SSSR count). The van der Waals surface area contributed by atoms with Crippen LogP contribution in [0.15, 0.2) is 23.0 Å². The van der Waals surface area contributed by atoms with Crippen LogP contribution < -0.4 is 10.9 Å². The fourth-order valence-corrected chi connectivity index (χ4v) is 6.53. The second-order valence-electron chi connectivity index (χ2n) is 9.90. The highest BCUT2D eigenvalue weighted by atomic mass is 16.5. The molecule has 4 atom stereocenters. The van der Waals surface area contributed by atoms with Gasteiger partial charge in [0.2, 0.25) is 5.91 Å². The van der Waals surface area contributed by atoms with Gasteiger partial charge in [-0.05, 0) is 37.7 Å². The minimum Gasteiger partial charge on any atom is -0.396 e. The lowest BCUT2D eigenvalue weighted by molar-refractivity contribution is -0.129. The van der Waals surface area contributed by atoms with E-state index in [2.05, 4.69) is 10.2 Å². The zero-order valence-corrected chi connectivity index (χ0v) is 18.2. The quantitative estimate of drug-likeness (QED) is 0.744. The predicted molar refractivity (Wildman–Crippen MR) is 117 cm³/mol. The van der Waals surface area contributed by atoms with Gasteiger partial charge in [-0.25, -0.2) is 0 Å². The van der Waals surface area contributed by atoms with Crippen molar-refractivity contribution in [2.75, 3.05) is 26.4 Å². The first kappa shape index (κ1) is 21.2. The van der Waals surface area contributed by atoms with E-state index in [9.17, 15) is 14.7 Å². The molecule has 3 aliphatic heterocycles. The maximum absolute atomic E-state index is 13.6. The highest BCUT2D eigenvalue weighted by molar-refractivity contribution is 5.83. The number of nitrogens with one attached hydrogen (secondary N) is 1. The molecule has 7 nitrogen and oxygen atoms in total. The minimum atomic E-state index is -0.339. The lowest BCUT2D eigenvalue weighted by Crippen LogP contribution is -2.52. The van der Waals surface area contributed by atoms with Gasteiger partial charge in [0, 0.05) is 62.5 Å². The molecule has 4 aliphatic rings. The van der Waals surface area contributed by atoms with Crippen molar-refractivity contribution in [3.05, 3.63) is 34.2 Å². The third kappa shape index (κ3) is 3.96. The number of aliphatic hydroxyl groups excluding tert-OH is 1. The van der Waals surface area contributed by atoms with Gasteiger partial charge in [-0.15, -0.1) is 0 Å². The van der Waals surface area contributed by atoms with E-state index in [4.69, 9.17) is 4.74 Å². The molecular weight excluding hydrogens is 394 g/mol. The largest absolute Gasteiger partial charge is 0.396 e. The zero-order chi connectivity index (χ0) is 21.4. The number of hydrogen-bond acceptors (Lipinski definition) is 5. The van der Waals surface area contributed by atoms with E-state index in [1.54, 1.807) is 6.07 Å². The smallest absolute Gasteiger partial charge is 0.250 e. The average Bonchev–Trinajstić information content (AvgIpc) is 3.31. The molecule has 0 aromatic carbocycles. The van der Waals surface area contributed by atoms with Crippen LogP contribution in [-0.4, -0.2) is 58.9 Å². The van der Waals surface area contributed by atoms with Crippen LogP contribution in [0.2, 0.25) is 0 Å². The van der Waals surface area contributed by atoms with E-state index in [0.29, 0.717) is 12.5 Å². The summed E-state index contributed by atoms with van der Waals surface area (Å²) >= 11 is 0. The van der Waals surface area contributed by atoms with Crippen LogP contribution >= 0.6 is 0 Å². The summed E-state index contributed by atoms with van der Waals surface area (Å²) < 4.78 is 7.41. The number of pyridine rings is 1. The van der Waals surface area contributed by atoms with Crippen molar-refractivity contribution in [2.24, 2.45) is 17.8 Å². The van der Waals surface area contributed by atoms with Crippen molar-refractivity contribution in [3.63, 3.8) is 0 Å². The van der Waals surface area contributed by atoms with Crippen LogP contribution in [0.3, 0.4) is 0 Å². The number of amides is 1. The number of aliphatic hydroxyl groups is 1. The van der Waals surface area contributed by atoms with Gasteiger partial charge in [-0.3, -0.25) is 14.5 Å². The van der Waals surface area contributed by atoms with Crippen LogP contribution in [0.5, 0.6) is 0 Å². The molecule has 0 bridgehead atoms. The molecule has 1 aromatic heterocycles. The van der Waals surface area contributed by atoms with Crippen molar-refractivity contribution < 1.29 is 14.6 Å². The molecule has 1 aromatic rings. The van der Waals surface area contributed by atoms with E-state index < -0.39 is 0 Å². The third-order valence-corrected chi connectivity index (χ3v) is 8.10. The van der Waals surface area contributed by atoms with Gasteiger partial charge < -0.3 is 19.7 Å². The van der Waals surface area contributed by atoms with E-state index >= 15 is 0 Å². The van der Waals surface area contributed by atoms with Crippen molar-refractivity contribution in [1.29, 1.82) is 0 Å². The molecule has 1 amide bonds. The number of carbonyl (C=O) groups is 1. The first-order valence-corrected chi connectivity index (χ1v) is 12.1. The monoisotopic (exact) mass is 429 g/mol. The summed E-state index contributed by atoms with van der Waals surface area (Å²) in [6.07, 6.45) is 7.69. The normalized spacial score (nSPS) is 32.0. The number of carbonyl (C=O) groups excluding carboxylic acids is 1. The summed E-state index contributed by atoms with van der Waals surface area (Å²) in [5.41, 5.74) is 1.01. The number of hydrogen-bond donors (Lipinski definition) is 2. The lowest BCUT2D eigenvalue weighted by Gasteiger charge is -2.36. The molecule has 0 radical (unpaired) electrons. The maximum Gasteiger partial charge on any atom is 0.250 e. The Bertz CT molecular complexity index is 843. The standard InChI is InChI=1S/C24H35N3O4/c28-15-19-18-14-26-20(7-4-8-21(26)29)22(18)27(13-16-9-11-31-12-10-16)23(19)24(30)25-17-5-2-1-3-6-17/h4,7-8,16-19,22-23,28H,1-3,5-6,9-15H2,(H,25,30)/t18-,19-,22+,23-/m0/s1. The topological polar surface area (TPSA) is 83.8 Å². The molecule has 1 aliphatic carbocycles. The number of fused-ring (bicyclic) bond motifs is 3. The molecule has 3 fully saturated rings. The molecular formula is C24H35N3O4. The molecule has 2 N–H and O–H groups in total. The van der Waals surface area contributed by atoms with Gasteiger partial charge in [-0.1, -0.05) is 25.3 Å². The van der Waals surface area contributed by atoms with Crippen molar-refractivity contribution in [2.45, 2.75) is 69.6 Å². The summed E-state index contributed by atoms with van der Waals surface area (Å²) in [7, 11) is 0. The van der Waals surface area contributed by atoms with Crippen LogP contribution in [0.4, 0.5) is 0 Å². The van der Waals surface area contributed by atoms with Crippen LogP contribution in [0, 0.1) is 17.8 Å². The number of likely N-dealkylation sites (tertiary alicyclic amines) is 1. The van der Waals surface area contributed by atoms with Crippen molar-refractivity contribution in [1.82, 2.24) is 14.8 Å². The van der Waals surface area contributed by atoms with E-state index in [1.807, 2.05) is 16.7 Å². The number of nitrogens with zero attached hydrogens (tertiary/aromatic N) is 2. The molecule has 31 heavy (non-hydrogen) atoms. The van der Waals surface area contributed by atoms with E-state index in [1.165, 1.54) is 19.3 Å². The number of aromatic nitrogens is 1. The summed E-state index contributed by atoms with van der Waals surface area (Å²) in [4.78, 5) is 28.4. The third-order valence-electron chi connectivity index (χ3n) is 8.10. The average molecular weight is 430 g/mol. The van der Waals surface area contributed by atoms with Gasteiger partial charge in [0.05, 0.1) is 12.1 Å². The summed E-state index contributed by atoms with van der Waals surface area (Å²) in [5, 5.41) is 13.7. The van der Waals surface area contributed by atoms with Crippen LogP contribution in [0.25, 0.3) is 0 Å². The Morgan fingerprint density at radius 2 is 1.90 bits per heavy atom. The van der Waals surface area contributed by atoms with Crippen molar-refractivity contribution >= 4 is 5.91 Å². The molecule has 7 heteroatoms. The first-order valence-electron chi connectivity index (χ1n) is 12.1. The zero-order valence-electron chi connectivity index (χ0n) is 18.2. The Morgan fingerprint density at radius 1 is 1.13 bits per heavy atom. The summed E-state index contributed by atoms with van der Waals surface area (Å²) in [6, 6.07) is 5.38. The minimum absolute atomic E-state index is 0.0102. The highest BCUT2D eigenvalue weighted by Crippen LogP contribution is 2.49. The fraction of sp³-hybridized carbons (Fsp3) is 0.750. The lowest BCUT2D eigenvalue weighted by atomic mass is 9.87. The Balaban J connectivity index is 1.45. The second-order valence-corrected chi connectivity index (χ2v) is 9.90. The summed E-state index contributed by atoms with van der Waals surface area (Å²) in [5.74, 6) is 0.466. The molecule has 0 spiro atoms. The Kier molecular flexibility index (Phi) is 6.17. The Labute approximate surface area is 183 Å². The molecule has 4 heterocycles. The molecule has 170 valence electrons. The highest BCUT2D eigenvalue weighted by Gasteiger charge is 2.55. The maximum atomic E-state index is 13.6. The van der Waals surface area contributed by atoms with E-state index in [0.717, 1.165) is 51.1 Å². The molecule has 1 saturated carbocycles. The Morgan fingerprint density at radius 3 is 2.65 bits per heavy atom. The van der Waals surface area contributed by atoms with Gasteiger partial charge in [0.25, 0.3) is 5.56 Å². The summed E-state index contributed by atoms with van der Waals surface area (Å²) in [6.45, 7) is 2.90. The van der Waals surface area contributed by atoms with Crippen LogP contribution in [0.1, 0.15) is 56.7 Å². The van der Waals surface area contributed by atoms with Gasteiger partial charge in [-0.2, -0.15) is 0 Å². The first-order chi connectivity index (χ1) is 15.2. The van der Waals surface area contributed by atoms with Gasteiger partial charge in [0.1, 0.15) is 0 Å². The predicted octanol–water partition coefficient (Wildman–Crippen LogP) is 1.69. The van der Waals surface area contributed by atoms with Gasteiger partial charge >= 0.3 is 0 Å². The number of ether oxygens (including phenoxy) is 1. The van der Waals surface area contributed by atoms with Crippen LogP contribution in [-0.2, 0) is 16.1 Å². The van der Waals surface area contributed by atoms with Crippen molar-refractivity contribution in [3.8, 4) is 0 Å². The molecule has 0 unspecified atom stereocenters. The SMILES string of the molecule is O=C(NC1CCCCC1)[C@@H]1[C@@H](CO)[C@@H]2Cn3c(cccc3=O)[C@@H]2N1CC1CCOCC1. The molecule has 2 saturated heterocycles.